The van der Waals surface area contributed by atoms with Gasteiger partial charge in [-0.05, 0) is 21.8 Å². The Kier molecular flexibility index (Phi) is 4.81. The molecule has 1 aromatic rings. The summed E-state index contributed by atoms with van der Waals surface area (Å²) in [6.07, 6.45) is 2.71. The summed E-state index contributed by atoms with van der Waals surface area (Å²) in [5.74, 6) is 2.29. The highest BCUT2D eigenvalue weighted by molar-refractivity contribution is 9.10. The summed E-state index contributed by atoms with van der Waals surface area (Å²) >= 11 is 3.46. The second kappa shape index (κ2) is 5.90. The zero-order valence-corrected chi connectivity index (χ0v) is 10.9. The number of anilines is 2. The lowest BCUT2D eigenvalue weighted by atomic mass is 10.1. The van der Waals surface area contributed by atoms with Gasteiger partial charge in [0, 0.05) is 13.6 Å². The fraction of sp³-hybridized carbons (Fsp3) is 0.600. The van der Waals surface area contributed by atoms with E-state index < -0.39 is 0 Å². The van der Waals surface area contributed by atoms with E-state index in [1.165, 1.54) is 0 Å². The molecule has 0 saturated heterocycles. The molecule has 1 unspecified atom stereocenters. The van der Waals surface area contributed by atoms with Gasteiger partial charge in [-0.1, -0.05) is 20.3 Å². The molecule has 15 heavy (non-hydrogen) atoms. The van der Waals surface area contributed by atoms with Gasteiger partial charge in [0.05, 0.1) is 0 Å². The maximum Gasteiger partial charge on any atom is 0.145 e. The van der Waals surface area contributed by atoms with Crippen molar-refractivity contribution in [1.82, 2.24) is 9.97 Å². The zero-order chi connectivity index (χ0) is 11.3. The molecule has 0 saturated carbocycles. The Morgan fingerprint density at radius 2 is 2.07 bits per heavy atom. The van der Waals surface area contributed by atoms with E-state index in [0.717, 1.165) is 29.1 Å². The van der Waals surface area contributed by atoms with Crippen molar-refractivity contribution >= 4 is 27.6 Å². The first-order valence-corrected chi connectivity index (χ1v) is 5.90. The molecule has 5 heteroatoms. The quantitative estimate of drug-likeness (QED) is 0.866. The van der Waals surface area contributed by atoms with Crippen LogP contribution in [0.15, 0.2) is 10.8 Å². The van der Waals surface area contributed by atoms with Crippen molar-refractivity contribution in [3.63, 3.8) is 0 Å². The van der Waals surface area contributed by atoms with Gasteiger partial charge in [-0.3, -0.25) is 0 Å². The Morgan fingerprint density at radius 1 is 1.40 bits per heavy atom. The second-order valence-electron chi connectivity index (χ2n) is 3.53. The summed E-state index contributed by atoms with van der Waals surface area (Å²) in [4.78, 5) is 8.28. The minimum atomic E-state index is 0.643. The van der Waals surface area contributed by atoms with Crippen LogP contribution in [-0.4, -0.2) is 23.6 Å². The molecule has 1 rings (SSSR count). The Morgan fingerprint density at radius 3 is 2.67 bits per heavy atom. The van der Waals surface area contributed by atoms with Gasteiger partial charge in [0.15, 0.2) is 0 Å². The first-order valence-electron chi connectivity index (χ1n) is 5.11. The summed E-state index contributed by atoms with van der Waals surface area (Å²) in [5.41, 5.74) is 0. The predicted molar refractivity (Wildman–Crippen MR) is 67.2 cm³/mol. The number of aromatic nitrogens is 2. The molecule has 0 aromatic carbocycles. The van der Waals surface area contributed by atoms with Gasteiger partial charge in [-0.2, -0.15) is 0 Å². The predicted octanol–water partition coefficient (Wildman–Crippen LogP) is 2.74. The van der Waals surface area contributed by atoms with Crippen LogP contribution >= 0.6 is 15.9 Å². The lowest BCUT2D eigenvalue weighted by Gasteiger charge is -2.12. The van der Waals surface area contributed by atoms with Gasteiger partial charge in [0.25, 0.3) is 0 Å². The molecule has 0 radical (unpaired) electrons. The topological polar surface area (TPSA) is 49.8 Å². The average Bonchev–Trinajstić information content (AvgIpc) is 2.27. The van der Waals surface area contributed by atoms with Crippen LogP contribution in [0.25, 0.3) is 0 Å². The van der Waals surface area contributed by atoms with Crippen molar-refractivity contribution in [3.05, 3.63) is 10.8 Å². The van der Waals surface area contributed by atoms with Crippen LogP contribution in [0.5, 0.6) is 0 Å². The molecule has 0 aliphatic carbocycles. The van der Waals surface area contributed by atoms with Crippen LogP contribution in [-0.2, 0) is 0 Å². The molecule has 84 valence electrons. The van der Waals surface area contributed by atoms with Crippen LogP contribution in [0.1, 0.15) is 20.3 Å². The van der Waals surface area contributed by atoms with Gasteiger partial charge in [0.2, 0.25) is 0 Å². The maximum atomic E-state index is 4.18. The molecule has 1 atom stereocenters. The Hall–Kier alpha value is -0.840. The van der Waals surface area contributed by atoms with E-state index in [9.17, 15) is 0 Å². The van der Waals surface area contributed by atoms with Crippen molar-refractivity contribution in [2.75, 3.05) is 24.2 Å². The number of rotatable bonds is 5. The van der Waals surface area contributed by atoms with Crippen molar-refractivity contribution in [2.24, 2.45) is 5.92 Å². The Bertz CT molecular complexity index is 316. The first kappa shape index (κ1) is 12.2. The minimum absolute atomic E-state index is 0.643. The van der Waals surface area contributed by atoms with E-state index in [-0.39, 0.29) is 0 Å². The number of nitrogens with zero attached hydrogens (tertiary/aromatic N) is 2. The van der Waals surface area contributed by atoms with E-state index in [4.69, 9.17) is 0 Å². The first-order chi connectivity index (χ1) is 7.19. The van der Waals surface area contributed by atoms with E-state index >= 15 is 0 Å². The lowest BCUT2D eigenvalue weighted by molar-refractivity contribution is 0.592. The normalized spacial score (nSPS) is 12.3. The number of halogens is 1. The number of nitrogens with one attached hydrogen (secondary N) is 2. The van der Waals surface area contributed by atoms with Gasteiger partial charge in [0.1, 0.15) is 22.4 Å². The SMILES string of the molecule is CCC(C)CNc1ncnc(NC)c1Br. The third-order valence-electron chi connectivity index (χ3n) is 2.34. The fourth-order valence-electron chi connectivity index (χ4n) is 1.08. The second-order valence-corrected chi connectivity index (χ2v) is 4.32. The van der Waals surface area contributed by atoms with E-state index in [1.54, 1.807) is 6.33 Å². The van der Waals surface area contributed by atoms with Crippen molar-refractivity contribution in [2.45, 2.75) is 20.3 Å². The van der Waals surface area contributed by atoms with Crippen molar-refractivity contribution < 1.29 is 0 Å². The van der Waals surface area contributed by atoms with Gasteiger partial charge in [-0.15, -0.1) is 0 Å². The molecule has 0 aliphatic heterocycles. The van der Waals surface area contributed by atoms with Crippen LogP contribution in [0, 0.1) is 5.92 Å². The summed E-state index contributed by atoms with van der Waals surface area (Å²) < 4.78 is 0.885. The van der Waals surface area contributed by atoms with E-state index in [2.05, 4.69) is 50.4 Å². The molecule has 0 fully saturated rings. The molecular formula is C10H17BrN4. The highest BCUT2D eigenvalue weighted by Crippen LogP contribution is 2.26. The van der Waals surface area contributed by atoms with Crippen LogP contribution in [0.4, 0.5) is 11.6 Å². The van der Waals surface area contributed by atoms with E-state index in [0.29, 0.717) is 5.92 Å². The standard InChI is InChI=1S/C10H17BrN4/c1-4-7(2)5-13-10-8(11)9(12-3)14-6-15-10/h6-7H,4-5H2,1-3H3,(H2,12,13,14,15). The summed E-state index contributed by atoms with van der Waals surface area (Å²) in [5, 5.41) is 6.30. The van der Waals surface area contributed by atoms with Gasteiger partial charge < -0.3 is 10.6 Å². The molecule has 4 nitrogen and oxygen atoms in total. The molecule has 0 spiro atoms. The fourth-order valence-corrected chi connectivity index (χ4v) is 1.63. The molecule has 0 amide bonds. The Labute approximate surface area is 99.0 Å². The smallest absolute Gasteiger partial charge is 0.145 e. The number of hydrogen-bond acceptors (Lipinski definition) is 4. The largest absolute Gasteiger partial charge is 0.372 e. The molecular weight excluding hydrogens is 256 g/mol. The van der Waals surface area contributed by atoms with Gasteiger partial charge >= 0.3 is 0 Å². The third-order valence-corrected chi connectivity index (χ3v) is 3.09. The number of hydrogen-bond donors (Lipinski definition) is 2. The zero-order valence-electron chi connectivity index (χ0n) is 9.34. The molecule has 0 bridgehead atoms. The van der Waals surface area contributed by atoms with Crippen LogP contribution in [0.3, 0.4) is 0 Å². The lowest BCUT2D eigenvalue weighted by Crippen LogP contribution is -2.12. The molecule has 1 heterocycles. The third kappa shape index (κ3) is 3.34. The molecule has 2 N–H and O–H groups in total. The highest BCUT2D eigenvalue weighted by Gasteiger charge is 2.07. The van der Waals surface area contributed by atoms with Gasteiger partial charge in [-0.25, -0.2) is 9.97 Å². The van der Waals surface area contributed by atoms with Crippen molar-refractivity contribution in [3.8, 4) is 0 Å². The molecule has 0 aliphatic rings. The summed E-state index contributed by atoms with van der Waals surface area (Å²) in [6, 6.07) is 0. The van der Waals surface area contributed by atoms with E-state index in [1.807, 2.05) is 7.05 Å². The minimum Gasteiger partial charge on any atom is -0.372 e. The average molecular weight is 273 g/mol. The maximum absolute atomic E-state index is 4.18. The summed E-state index contributed by atoms with van der Waals surface area (Å²) in [6.45, 7) is 5.32. The van der Waals surface area contributed by atoms with Crippen molar-refractivity contribution in [1.29, 1.82) is 0 Å². The monoisotopic (exact) mass is 272 g/mol. The van der Waals surface area contributed by atoms with Crippen LogP contribution in [0.2, 0.25) is 0 Å². The molecule has 1 aromatic heterocycles. The highest BCUT2D eigenvalue weighted by atomic mass is 79.9. The van der Waals surface area contributed by atoms with Crippen LogP contribution < -0.4 is 10.6 Å². The summed E-state index contributed by atoms with van der Waals surface area (Å²) in [7, 11) is 1.84. The Balaban J connectivity index is 2.68.